The standard InChI is InChI=1S/C17H19N3O3/c1-12-8-9-20(19-12)14-6-4-13(5-7-14)17(22)18-15(11-21)16-3-2-10-23-16/h2-7,10,15,21H,8-9,11H2,1H3,(H,18,22). The summed E-state index contributed by atoms with van der Waals surface area (Å²) in [5.74, 6) is 0.271. The molecule has 1 amide bonds. The number of amides is 1. The number of carbonyl (C=O) groups excluding carboxylic acids is 1. The van der Waals surface area contributed by atoms with Gasteiger partial charge >= 0.3 is 0 Å². The summed E-state index contributed by atoms with van der Waals surface area (Å²) in [6.07, 6.45) is 2.47. The molecule has 0 fully saturated rings. The zero-order valence-corrected chi connectivity index (χ0v) is 12.9. The maximum absolute atomic E-state index is 12.3. The summed E-state index contributed by atoms with van der Waals surface area (Å²) in [6.45, 7) is 2.65. The molecule has 120 valence electrons. The van der Waals surface area contributed by atoms with Crippen LogP contribution in [0, 0.1) is 0 Å². The highest BCUT2D eigenvalue weighted by Gasteiger charge is 2.18. The number of nitrogens with zero attached hydrogens (tertiary/aromatic N) is 2. The molecule has 1 aliphatic heterocycles. The molecule has 0 saturated carbocycles. The lowest BCUT2D eigenvalue weighted by atomic mass is 10.1. The molecule has 2 aromatic rings. The first-order chi connectivity index (χ1) is 11.2. The van der Waals surface area contributed by atoms with Gasteiger partial charge in [0.25, 0.3) is 5.91 Å². The summed E-state index contributed by atoms with van der Waals surface area (Å²) < 4.78 is 5.22. The number of hydrogen-bond donors (Lipinski definition) is 2. The minimum Gasteiger partial charge on any atom is -0.467 e. The molecule has 0 aliphatic carbocycles. The molecule has 0 saturated heterocycles. The third-order valence-electron chi connectivity index (χ3n) is 3.78. The minimum atomic E-state index is -0.553. The van der Waals surface area contributed by atoms with Crippen LogP contribution in [0.2, 0.25) is 0 Å². The Labute approximate surface area is 134 Å². The maximum Gasteiger partial charge on any atom is 0.251 e. The van der Waals surface area contributed by atoms with Crippen molar-refractivity contribution in [3.05, 3.63) is 54.0 Å². The van der Waals surface area contributed by atoms with Crippen LogP contribution in [-0.2, 0) is 0 Å². The third kappa shape index (κ3) is 3.43. The predicted molar refractivity (Wildman–Crippen MR) is 87.5 cm³/mol. The zero-order valence-electron chi connectivity index (χ0n) is 12.9. The van der Waals surface area contributed by atoms with E-state index in [1.807, 2.05) is 24.1 Å². The Morgan fingerprint density at radius 3 is 2.74 bits per heavy atom. The fourth-order valence-electron chi connectivity index (χ4n) is 2.48. The minimum absolute atomic E-state index is 0.223. The van der Waals surface area contributed by atoms with Gasteiger partial charge < -0.3 is 14.8 Å². The van der Waals surface area contributed by atoms with Gasteiger partial charge in [-0.05, 0) is 43.3 Å². The van der Waals surface area contributed by atoms with E-state index in [0.717, 1.165) is 24.4 Å². The third-order valence-corrected chi connectivity index (χ3v) is 3.78. The van der Waals surface area contributed by atoms with Crippen LogP contribution >= 0.6 is 0 Å². The monoisotopic (exact) mass is 313 g/mol. The van der Waals surface area contributed by atoms with E-state index in [2.05, 4.69) is 10.4 Å². The van der Waals surface area contributed by atoms with Gasteiger partial charge in [0, 0.05) is 24.2 Å². The van der Waals surface area contributed by atoms with E-state index < -0.39 is 6.04 Å². The van der Waals surface area contributed by atoms with E-state index in [9.17, 15) is 9.90 Å². The fraction of sp³-hybridized carbons (Fsp3) is 0.294. The molecule has 1 aromatic carbocycles. The van der Waals surface area contributed by atoms with Crippen LogP contribution in [0.3, 0.4) is 0 Å². The molecule has 1 aliphatic rings. The van der Waals surface area contributed by atoms with Gasteiger partial charge in [0.2, 0.25) is 0 Å². The van der Waals surface area contributed by atoms with E-state index in [0.29, 0.717) is 11.3 Å². The van der Waals surface area contributed by atoms with E-state index >= 15 is 0 Å². The highest BCUT2D eigenvalue weighted by molar-refractivity contribution is 5.95. The molecule has 1 aromatic heterocycles. The Hall–Kier alpha value is -2.60. The number of hydrazone groups is 1. The molecule has 1 atom stereocenters. The Morgan fingerprint density at radius 2 is 2.17 bits per heavy atom. The highest BCUT2D eigenvalue weighted by atomic mass is 16.3. The molecule has 0 radical (unpaired) electrons. The summed E-state index contributed by atoms with van der Waals surface area (Å²) in [4.78, 5) is 12.3. The average molecular weight is 313 g/mol. The van der Waals surface area contributed by atoms with Crippen molar-refractivity contribution < 1.29 is 14.3 Å². The smallest absolute Gasteiger partial charge is 0.251 e. The van der Waals surface area contributed by atoms with Gasteiger partial charge in [-0.2, -0.15) is 5.10 Å². The lowest BCUT2D eigenvalue weighted by Gasteiger charge is -2.16. The van der Waals surface area contributed by atoms with Crippen LogP contribution < -0.4 is 10.3 Å². The normalized spacial score (nSPS) is 15.4. The second-order valence-corrected chi connectivity index (χ2v) is 5.48. The first-order valence-corrected chi connectivity index (χ1v) is 7.54. The number of aliphatic hydroxyl groups is 1. The molecule has 6 heteroatoms. The first kappa shape index (κ1) is 15.3. The van der Waals surface area contributed by atoms with Gasteiger partial charge in [0.1, 0.15) is 11.8 Å². The maximum atomic E-state index is 12.3. The van der Waals surface area contributed by atoms with Crippen molar-refractivity contribution in [1.29, 1.82) is 0 Å². The van der Waals surface area contributed by atoms with Crippen LogP contribution in [0.1, 0.15) is 35.5 Å². The Bertz CT molecular complexity index is 692. The lowest BCUT2D eigenvalue weighted by Crippen LogP contribution is -2.30. The van der Waals surface area contributed by atoms with Crippen molar-refractivity contribution >= 4 is 17.3 Å². The molecule has 6 nitrogen and oxygen atoms in total. The molecule has 3 rings (SSSR count). The van der Waals surface area contributed by atoms with Crippen LogP contribution in [0.15, 0.2) is 52.2 Å². The van der Waals surface area contributed by atoms with E-state index in [1.165, 1.54) is 6.26 Å². The highest BCUT2D eigenvalue weighted by Crippen LogP contribution is 2.20. The van der Waals surface area contributed by atoms with Crippen molar-refractivity contribution in [3.8, 4) is 0 Å². The van der Waals surface area contributed by atoms with Crippen molar-refractivity contribution in [1.82, 2.24) is 5.32 Å². The van der Waals surface area contributed by atoms with E-state index in [1.54, 1.807) is 24.3 Å². The van der Waals surface area contributed by atoms with E-state index in [-0.39, 0.29) is 12.5 Å². The van der Waals surface area contributed by atoms with Crippen LogP contribution in [-0.4, -0.2) is 29.9 Å². The summed E-state index contributed by atoms with van der Waals surface area (Å²) in [7, 11) is 0. The fourth-order valence-corrected chi connectivity index (χ4v) is 2.48. The van der Waals surface area contributed by atoms with Crippen molar-refractivity contribution in [2.75, 3.05) is 18.2 Å². The predicted octanol–water partition coefficient (Wildman–Crippen LogP) is 2.33. The van der Waals surface area contributed by atoms with Crippen LogP contribution in [0.5, 0.6) is 0 Å². The number of aliphatic hydroxyl groups excluding tert-OH is 1. The van der Waals surface area contributed by atoms with Crippen molar-refractivity contribution in [2.24, 2.45) is 5.10 Å². The van der Waals surface area contributed by atoms with Crippen molar-refractivity contribution in [2.45, 2.75) is 19.4 Å². The number of anilines is 1. The SMILES string of the molecule is CC1=NN(c2ccc(C(=O)NC(CO)c3ccco3)cc2)CC1. The number of furan rings is 1. The Morgan fingerprint density at radius 1 is 1.39 bits per heavy atom. The molecular formula is C17H19N3O3. The van der Waals surface area contributed by atoms with Gasteiger partial charge in [-0.25, -0.2) is 0 Å². The van der Waals surface area contributed by atoms with Gasteiger partial charge in [-0.15, -0.1) is 0 Å². The summed E-state index contributed by atoms with van der Waals surface area (Å²) >= 11 is 0. The molecular weight excluding hydrogens is 294 g/mol. The lowest BCUT2D eigenvalue weighted by molar-refractivity contribution is 0.0907. The number of rotatable bonds is 5. The summed E-state index contributed by atoms with van der Waals surface area (Å²) in [6, 6.07) is 10.1. The second-order valence-electron chi connectivity index (χ2n) is 5.48. The second kappa shape index (κ2) is 6.66. The molecule has 2 heterocycles. The van der Waals surface area contributed by atoms with Gasteiger partial charge in [0.15, 0.2) is 0 Å². The molecule has 23 heavy (non-hydrogen) atoms. The Balaban J connectivity index is 1.68. The number of hydrogen-bond acceptors (Lipinski definition) is 5. The van der Waals surface area contributed by atoms with E-state index in [4.69, 9.17) is 4.42 Å². The van der Waals surface area contributed by atoms with Crippen molar-refractivity contribution in [3.63, 3.8) is 0 Å². The van der Waals surface area contributed by atoms with Gasteiger partial charge in [-0.1, -0.05) is 0 Å². The zero-order chi connectivity index (χ0) is 16.2. The quantitative estimate of drug-likeness (QED) is 0.888. The largest absolute Gasteiger partial charge is 0.467 e. The number of benzene rings is 1. The van der Waals surface area contributed by atoms with Gasteiger partial charge in [-0.3, -0.25) is 9.80 Å². The molecule has 1 unspecified atom stereocenters. The topological polar surface area (TPSA) is 78.1 Å². The molecule has 0 spiro atoms. The van der Waals surface area contributed by atoms with Gasteiger partial charge in [0.05, 0.1) is 18.6 Å². The molecule has 0 bridgehead atoms. The molecule has 2 N–H and O–H groups in total. The Kier molecular flexibility index (Phi) is 4.43. The summed E-state index contributed by atoms with van der Waals surface area (Å²) in [5, 5.41) is 18.5. The van der Waals surface area contributed by atoms with Crippen LogP contribution in [0.4, 0.5) is 5.69 Å². The number of carbonyl (C=O) groups is 1. The summed E-state index contributed by atoms with van der Waals surface area (Å²) in [5.41, 5.74) is 2.60. The first-order valence-electron chi connectivity index (χ1n) is 7.54. The van der Waals surface area contributed by atoms with Crippen LogP contribution in [0.25, 0.3) is 0 Å². The average Bonchev–Trinajstić information content (AvgIpc) is 3.24. The number of nitrogens with one attached hydrogen (secondary N) is 1.